The van der Waals surface area contributed by atoms with Gasteiger partial charge in [0, 0.05) is 46.4 Å². The summed E-state index contributed by atoms with van der Waals surface area (Å²) in [6.45, 7) is 5.05. The van der Waals surface area contributed by atoms with E-state index in [1.165, 1.54) is 0 Å². The molecule has 0 aromatic heterocycles. The maximum atomic E-state index is 12.8. The number of likely N-dealkylation sites (tertiary alicyclic amines) is 1. The van der Waals surface area contributed by atoms with Crippen LogP contribution in [0.4, 0.5) is 0 Å². The van der Waals surface area contributed by atoms with E-state index in [1.54, 1.807) is 14.2 Å². The third-order valence-electron chi connectivity index (χ3n) is 5.65. The van der Waals surface area contributed by atoms with Crippen LogP contribution in [0, 0.1) is 0 Å². The summed E-state index contributed by atoms with van der Waals surface area (Å²) in [7, 11) is 3.29. The van der Waals surface area contributed by atoms with Crippen LogP contribution >= 0.6 is 0 Å². The van der Waals surface area contributed by atoms with E-state index in [1.807, 2.05) is 34.1 Å². The number of carbonyl (C=O) groups is 2. The van der Waals surface area contributed by atoms with Gasteiger partial charge in [0.15, 0.2) is 0 Å². The van der Waals surface area contributed by atoms with Crippen molar-refractivity contribution in [2.24, 2.45) is 0 Å². The van der Waals surface area contributed by atoms with Gasteiger partial charge in [0.2, 0.25) is 11.8 Å². The van der Waals surface area contributed by atoms with Crippen LogP contribution in [-0.4, -0.2) is 92.7 Å². The number of amides is 2. The zero-order valence-electron chi connectivity index (χ0n) is 16.9. The Morgan fingerprint density at radius 1 is 1.14 bits per heavy atom. The molecule has 28 heavy (non-hydrogen) atoms. The third kappa shape index (κ3) is 5.02. The van der Waals surface area contributed by atoms with Crippen molar-refractivity contribution in [1.82, 2.24) is 14.7 Å². The van der Waals surface area contributed by atoms with Gasteiger partial charge < -0.3 is 19.3 Å². The second-order valence-electron chi connectivity index (χ2n) is 7.42. The van der Waals surface area contributed by atoms with Gasteiger partial charge in [-0.2, -0.15) is 0 Å². The van der Waals surface area contributed by atoms with E-state index < -0.39 is 0 Å². The highest BCUT2D eigenvalue weighted by atomic mass is 16.5. The van der Waals surface area contributed by atoms with Crippen molar-refractivity contribution in [3.8, 4) is 5.75 Å². The first-order valence-electron chi connectivity index (χ1n) is 10.0. The monoisotopic (exact) mass is 389 g/mol. The molecule has 2 amide bonds. The first-order chi connectivity index (χ1) is 13.6. The first kappa shape index (κ1) is 20.6. The molecule has 2 heterocycles. The highest BCUT2D eigenvalue weighted by Crippen LogP contribution is 2.20. The van der Waals surface area contributed by atoms with Crippen LogP contribution in [0.5, 0.6) is 5.75 Å². The molecule has 0 radical (unpaired) electrons. The molecule has 0 saturated carbocycles. The molecule has 2 aliphatic rings. The van der Waals surface area contributed by atoms with Gasteiger partial charge >= 0.3 is 0 Å². The molecule has 1 aromatic rings. The molecule has 3 rings (SSSR count). The molecule has 0 N–H and O–H groups in total. The largest absolute Gasteiger partial charge is 0.497 e. The summed E-state index contributed by atoms with van der Waals surface area (Å²) in [5, 5.41) is 0. The topological polar surface area (TPSA) is 62.3 Å². The predicted octanol–water partition coefficient (Wildman–Crippen LogP) is 1.02. The molecule has 7 nitrogen and oxygen atoms in total. The molecule has 0 aliphatic carbocycles. The maximum Gasteiger partial charge on any atom is 0.240 e. The van der Waals surface area contributed by atoms with Gasteiger partial charge in [0.25, 0.3) is 0 Å². The lowest BCUT2D eigenvalue weighted by Gasteiger charge is -2.26. The van der Waals surface area contributed by atoms with E-state index in [2.05, 4.69) is 4.90 Å². The number of hydrogen-bond donors (Lipinski definition) is 0. The molecule has 1 aromatic carbocycles. The van der Waals surface area contributed by atoms with Gasteiger partial charge in [-0.1, -0.05) is 12.1 Å². The first-order valence-corrected chi connectivity index (χ1v) is 10.0. The van der Waals surface area contributed by atoms with Crippen molar-refractivity contribution in [1.29, 1.82) is 0 Å². The zero-order valence-corrected chi connectivity index (χ0v) is 16.9. The van der Waals surface area contributed by atoms with E-state index >= 15 is 0 Å². The molecule has 1 atom stereocenters. The number of methoxy groups -OCH3 is 2. The molecule has 0 bridgehead atoms. The Balaban J connectivity index is 1.53. The molecule has 0 unspecified atom stereocenters. The van der Waals surface area contributed by atoms with Crippen molar-refractivity contribution in [2.45, 2.75) is 25.3 Å². The minimum Gasteiger partial charge on any atom is -0.497 e. The molecular formula is C21H31N3O4. The lowest BCUT2D eigenvalue weighted by atomic mass is 10.1. The minimum atomic E-state index is -0.0507. The Labute approximate surface area is 167 Å². The summed E-state index contributed by atoms with van der Waals surface area (Å²) < 4.78 is 10.3. The fourth-order valence-electron chi connectivity index (χ4n) is 4.05. The van der Waals surface area contributed by atoms with Crippen molar-refractivity contribution in [2.75, 3.05) is 60.1 Å². The highest BCUT2D eigenvalue weighted by Gasteiger charge is 2.36. The molecule has 154 valence electrons. The van der Waals surface area contributed by atoms with Gasteiger partial charge in [0.1, 0.15) is 5.75 Å². The fraction of sp³-hybridized carbons (Fsp3) is 0.619. The number of nitrogens with zero attached hydrogens (tertiary/aromatic N) is 3. The smallest absolute Gasteiger partial charge is 0.240 e. The second kappa shape index (κ2) is 9.89. The van der Waals surface area contributed by atoms with Gasteiger partial charge in [-0.05, 0) is 30.5 Å². The van der Waals surface area contributed by atoms with E-state index in [-0.39, 0.29) is 17.9 Å². The van der Waals surface area contributed by atoms with Gasteiger partial charge in [0.05, 0.1) is 26.2 Å². The zero-order chi connectivity index (χ0) is 19.9. The third-order valence-corrected chi connectivity index (χ3v) is 5.65. The van der Waals surface area contributed by atoms with E-state index in [0.717, 1.165) is 50.3 Å². The van der Waals surface area contributed by atoms with Gasteiger partial charge in [-0.25, -0.2) is 0 Å². The minimum absolute atomic E-state index is 0.0507. The molecule has 2 aliphatic heterocycles. The van der Waals surface area contributed by atoms with Crippen LogP contribution in [0.25, 0.3) is 0 Å². The summed E-state index contributed by atoms with van der Waals surface area (Å²) in [5.41, 5.74) is 0.963. The molecule has 2 saturated heterocycles. The molecular weight excluding hydrogens is 358 g/mol. The van der Waals surface area contributed by atoms with Crippen LogP contribution in [0.2, 0.25) is 0 Å². The summed E-state index contributed by atoms with van der Waals surface area (Å²) in [4.78, 5) is 31.5. The number of hydrogen-bond acceptors (Lipinski definition) is 5. The Morgan fingerprint density at radius 2 is 2.00 bits per heavy atom. The fourth-order valence-corrected chi connectivity index (χ4v) is 4.05. The summed E-state index contributed by atoms with van der Waals surface area (Å²) >= 11 is 0. The Bertz CT molecular complexity index is 681. The summed E-state index contributed by atoms with van der Waals surface area (Å²) in [5.74, 6) is 1.10. The standard InChI is InChI=1S/C21H31N3O4/c1-27-14-13-24-10-7-19(21(24)26)22-8-4-9-23(12-11-22)20(25)16-17-5-3-6-18(15-17)28-2/h3,5-6,15,19H,4,7-14,16H2,1-2H3/t19-/m0/s1. The van der Waals surface area contributed by atoms with Crippen molar-refractivity contribution < 1.29 is 19.1 Å². The Kier molecular flexibility index (Phi) is 7.28. The van der Waals surface area contributed by atoms with Gasteiger partial charge in [-0.15, -0.1) is 0 Å². The number of ether oxygens (including phenoxy) is 2. The van der Waals surface area contributed by atoms with Crippen LogP contribution in [0.1, 0.15) is 18.4 Å². The van der Waals surface area contributed by atoms with Crippen LogP contribution in [0.3, 0.4) is 0 Å². The lowest BCUT2D eigenvalue weighted by molar-refractivity contribution is -0.132. The molecule has 0 spiro atoms. The predicted molar refractivity (Wildman–Crippen MR) is 106 cm³/mol. The number of carbonyl (C=O) groups excluding carboxylic acids is 2. The second-order valence-corrected chi connectivity index (χ2v) is 7.42. The van der Waals surface area contributed by atoms with Crippen LogP contribution < -0.4 is 4.74 Å². The van der Waals surface area contributed by atoms with Crippen molar-refractivity contribution >= 4 is 11.8 Å². The SMILES string of the molecule is COCCN1CC[C@H](N2CCCN(C(=O)Cc3cccc(OC)c3)CC2)C1=O. The summed E-state index contributed by atoms with van der Waals surface area (Å²) in [6, 6.07) is 7.61. The lowest BCUT2D eigenvalue weighted by Crippen LogP contribution is -2.44. The summed E-state index contributed by atoms with van der Waals surface area (Å²) in [6.07, 6.45) is 2.14. The maximum absolute atomic E-state index is 12.8. The quantitative estimate of drug-likeness (QED) is 0.697. The van der Waals surface area contributed by atoms with E-state index in [9.17, 15) is 9.59 Å². The normalized spacial score (nSPS) is 21.1. The number of rotatable bonds is 7. The van der Waals surface area contributed by atoms with Gasteiger partial charge in [-0.3, -0.25) is 14.5 Å². The molecule has 7 heteroatoms. The number of benzene rings is 1. The van der Waals surface area contributed by atoms with Crippen molar-refractivity contribution in [3.63, 3.8) is 0 Å². The Morgan fingerprint density at radius 3 is 2.79 bits per heavy atom. The van der Waals surface area contributed by atoms with Crippen molar-refractivity contribution in [3.05, 3.63) is 29.8 Å². The van der Waals surface area contributed by atoms with Crippen LogP contribution in [-0.2, 0) is 20.7 Å². The average Bonchev–Trinajstić information content (AvgIpc) is 2.91. The van der Waals surface area contributed by atoms with E-state index in [4.69, 9.17) is 9.47 Å². The van der Waals surface area contributed by atoms with E-state index in [0.29, 0.717) is 26.1 Å². The Hall–Kier alpha value is -2.12. The highest BCUT2D eigenvalue weighted by molar-refractivity contribution is 5.84. The van der Waals surface area contributed by atoms with Crippen LogP contribution in [0.15, 0.2) is 24.3 Å². The molecule has 2 fully saturated rings. The average molecular weight is 389 g/mol.